The molecule has 0 aliphatic rings. The molecule has 20 heavy (non-hydrogen) atoms. The third kappa shape index (κ3) is 3.82. The zero-order valence-electron chi connectivity index (χ0n) is 10.9. The third-order valence-electron chi connectivity index (χ3n) is 2.63. The van der Waals surface area contributed by atoms with E-state index in [0.717, 1.165) is 11.9 Å². The lowest BCUT2D eigenvalue weighted by molar-refractivity contribution is -0.0190. The van der Waals surface area contributed by atoms with E-state index in [9.17, 15) is 8.78 Å². The van der Waals surface area contributed by atoms with Crippen LogP contribution in [0.1, 0.15) is 24.0 Å². The van der Waals surface area contributed by atoms with Crippen molar-refractivity contribution in [2.45, 2.75) is 19.3 Å². The lowest BCUT2D eigenvalue weighted by atomic mass is 10.2. The Labute approximate surface area is 115 Å². The number of aromatic nitrogens is 3. The summed E-state index contributed by atoms with van der Waals surface area (Å²) in [6.45, 7) is -2.19. The van der Waals surface area contributed by atoms with Gasteiger partial charge in [-0.2, -0.15) is 13.5 Å². The molecule has 0 fully saturated rings. The first-order valence-corrected chi connectivity index (χ1v) is 6.04. The molecule has 7 heteroatoms. The van der Waals surface area contributed by atoms with E-state index in [0.29, 0.717) is 11.3 Å². The maximum atomic E-state index is 12.5. The Bertz CT molecular complexity index is 519. The summed E-state index contributed by atoms with van der Waals surface area (Å²) in [6, 6.07) is 9.52. The number of rotatable bonds is 7. The Morgan fingerprint density at radius 2 is 2.00 bits per heavy atom. The van der Waals surface area contributed by atoms with Gasteiger partial charge in [-0.25, -0.2) is 4.98 Å². The minimum absolute atomic E-state index is 0.183. The fourth-order valence-electron chi connectivity index (χ4n) is 1.65. The van der Waals surface area contributed by atoms with Crippen LogP contribution in [0.4, 0.5) is 8.78 Å². The summed E-state index contributed by atoms with van der Waals surface area (Å²) < 4.78 is 36.1. The number of benzene rings is 1. The molecule has 0 N–H and O–H groups in total. The standard InChI is InChI=1S/C13H15F2N3O2/c1-19-8-11(12-16-9-18(17-12)13(14)15)20-7-10-5-3-2-4-6-10/h2-6,9,11,13H,7-8H2,1H3. The Morgan fingerprint density at radius 3 is 2.60 bits per heavy atom. The predicted octanol–water partition coefficient (Wildman–Crippen LogP) is 2.58. The highest BCUT2D eigenvalue weighted by Crippen LogP contribution is 2.17. The zero-order chi connectivity index (χ0) is 14.4. The Balaban J connectivity index is 2.02. The lowest BCUT2D eigenvalue weighted by Gasteiger charge is -2.14. The normalized spacial score (nSPS) is 12.8. The molecule has 2 aromatic rings. The van der Waals surface area contributed by atoms with Crippen molar-refractivity contribution in [2.75, 3.05) is 13.7 Å². The van der Waals surface area contributed by atoms with Crippen molar-refractivity contribution in [3.05, 3.63) is 48.0 Å². The summed E-state index contributed by atoms with van der Waals surface area (Å²) in [5.74, 6) is 0.183. The van der Waals surface area contributed by atoms with Gasteiger partial charge in [-0.1, -0.05) is 30.3 Å². The molecular weight excluding hydrogens is 268 g/mol. The van der Waals surface area contributed by atoms with Crippen LogP contribution in [0.15, 0.2) is 36.7 Å². The van der Waals surface area contributed by atoms with Crippen molar-refractivity contribution in [1.29, 1.82) is 0 Å². The van der Waals surface area contributed by atoms with Crippen LogP contribution in [0.3, 0.4) is 0 Å². The van der Waals surface area contributed by atoms with Crippen LogP contribution in [0.25, 0.3) is 0 Å². The number of nitrogens with zero attached hydrogens (tertiary/aromatic N) is 3. The number of alkyl halides is 2. The maximum Gasteiger partial charge on any atom is 0.334 e. The van der Waals surface area contributed by atoms with Crippen molar-refractivity contribution in [3.8, 4) is 0 Å². The number of halogens is 2. The van der Waals surface area contributed by atoms with Crippen LogP contribution in [-0.4, -0.2) is 28.5 Å². The number of hydrogen-bond donors (Lipinski definition) is 0. The Hall–Kier alpha value is -1.86. The molecule has 0 amide bonds. The fourth-order valence-corrected chi connectivity index (χ4v) is 1.65. The average molecular weight is 283 g/mol. The summed E-state index contributed by atoms with van der Waals surface area (Å²) in [6.07, 6.45) is 0.398. The second-order valence-corrected chi connectivity index (χ2v) is 4.10. The van der Waals surface area contributed by atoms with Gasteiger partial charge in [0.2, 0.25) is 0 Å². The number of hydrogen-bond acceptors (Lipinski definition) is 4. The van der Waals surface area contributed by atoms with Crippen LogP contribution in [0.5, 0.6) is 0 Å². The Kier molecular flexibility index (Phi) is 5.14. The Morgan fingerprint density at radius 1 is 1.25 bits per heavy atom. The molecule has 1 heterocycles. The van der Waals surface area contributed by atoms with Crippen LogP contribution < -0.4 is 0 Å². The fraction of sp³-hybridized carbons (Fsp3) is 0.385. The first-order chi connectivity index (χ1) is 9.70. The summed E-state index contributed by atoms with van der Waals surface area (Å²) in [4.78, 5) is 3.84. The molecule has 0 aliphatic carbocycles. The molecule has 1 aromatic heterocycles. The average Bonchev–Trinajstić information content (AvgIpc) is 2.94. The first-order valence-electron chi connectivity index (χ1n) is 6.04. The summed E-state index contributed by atoms with van der Waals surface area (Å²) in [5.41, 5.74) is 0.974. The molecule has 108 valence electrons. The zero-order valence-corrected chi connectivity index (χ0v) is 10.9. The van der Waals surface area contributed by atoms with E-state index in [1.54, 1.807) is 0 Å². The molecule has 0 radical (unpaired) electrons. The van der Waals surface area contributed by atoms with E-state index < -0.39 is 12.7 Å². The van der Waals surface area contributed by atoms with E-state index in [2.05, 4.69) is 10.1 Å². The maximum absolute atomic E-state index is 12.5. The molecule has 1 aromatic carbocycles. The van der Waals surface area contributed by atoms with Crippen LogP contribution >= 0.6 is 0 Å². The van der Waals surface area contributed by atoms with E-state index in [-0.39, 0.29) is 12.4 Å². The highest BCUT2D eigenvalue weighted by molar-refractivity contribution is 5.13. The molecule has 5 nitrogen and oxygen atoms in total. The molecule has 0 saturated heterocycles. The molecular formula is C13H15F2N3O2. The van der Waals surface area contributed by atoms with Gasteiger partial charge in [-0.15, -0.1) is 5.10 Å². The van der Waals surface area contributed by atoms with Gasteiger partial charge in [0.25, 0.3) is 0 Å². The van der Waals surface area contributed by atoms with Crippen LogP contribution in [0.2, 0.25) is 0 Å². The molecule has 0 bridgehead atoms. The second-order valence-electron chi connectivity index (χ2n) is 4.10. The lowest BCUT2D eigenvalue weighted by Crippen LogP contribution is -2.13. The van der Waals surface area contributed by atoms with Gasteiger partial charge in [0.1, 0.15) is 12.4 Å². The molecule has 2 rings (SSSR count). The van der Waals surface area contributed by atoms with Gasteiger partial charge in [0, 0.05) is 7.11 Å². The highest BCUT2D eigenvalue weighted by Gasteiger charge is 2.19. The molecule has 1 unspecified atom stereocenters. The monoisotopic (exact) mass is 283 g/mol. The van der Waals surface area contributed by atoms with Gasteiger partial charge in [0.05, 0.1) is 13.2 Å². The smallest absolute Gasteiger partial charge is 0.334 e. The number of methoxy groups -OCH3 is 1. The van der Waals surface area contributed by atoms with Gasteiger partial charge in [-0.3, -0.25) is 0 Å². The number of ether oxygens (including phenoxy) is 2. The SMILES string of the molecule is COCC(OCc1ccccc1)c1ncn(C(F)F)n1. The van der Waals surface area contributed by atoms with Crippen molar-refractivity contribution in [3.63, 3.8) is 0 Å². The first kappa shape index (κ1) is 14.5. The second kappa shape index (κ2) is 7.06. The minimum atomic E-state index is -2.71. The van der Waals surface area contributed by atoms with E-state index in [1.165, 1.54) is 7.11 Å². The van der Waals surface area contributed by atoms with Gasteiger partial charge in [-0.05, 0) is 5.56 Å². The van der Waals surface area contributed by atoms with Crippen molar-refractivity contribution < 1.29 is 18.3 Å². The predicted molar refractivity (Wildman–Crippen MR) is 67.1 cm³/mol. The van der Waals surface area contributed by atoms with Crippen LogP contribution in [0, 0.1) is 0 Å². The van der Waals surface area contributed by atoms with E-state index in [1.807, 2.05) is 30.3 Å². The topological polar surface area (TPSA) is 49.2 Å². The highest BCUT2D eigenvalue weighted by atomic mass is 19.3. The largest absolute Gasteiger partial charge is 0.381 e. The quantitative estimate of drug-likeness (QED) is 0.783. The summed E-state index contributed by atoms with van der Waals surface area (Å²) >= 11 is 0. The van der Waals surface area contributed by atoms with Gasteiger partial charge < -0.3 is 9.47 Å². The summed E-state index contributed by atoms with van der Waals surface area (Å²) in [5, 5.41) is 3.69. The van der Waals surface area contributed by atoms with Crippen molar-refractivity contribution in [1.82, 2.24) is 14.8 Å². The van der Waals surface area contributed by atoms with Gasteiger partial charge in [0.15, 0.2) is 5.82 Å². The van der Waals surface area contributed by atoms with E-state index in [4.69, 9.17) is 9.47 Å². The molecule has 0 aliphatic heterocycles. The van der Waals surface area contributed by atoms with E-state index >= 15 is 0 Å². The van der Waals surface area contributed by atoms with Crippen LogP contribution in [-0.2, 0) is 16.1 Å². The van der Waals surface area contributed by atoms with Gasteiger partial charge >= 0.3 is 6.55 Å². The minimum Gasteiger partial charge on any atom is -0.381 e. The van der Waals surface area contributed by atoms with Crippen molar-refractivity contribution in [2.24, 2.45) is 0 Å². The van der Waals surface area contributed by atoms with Crippen molar-refractivity contribution >= 4 is 0 Å². The molecule has 1 atom stereocenters. The summed E-state index contributed by atoms with van der Waals surface area (Å²) in [7, 11) is 1.50. The molecule has 0 saturated carbocycles. The molecule has 0 spiro atoms. The third-order valence-corrected chi connectivity index (χ3v) is 2.63.